The van der Waals surface area contributed by atoms with E-state index in [0.717, 1.165) is 17.3 Å². The Kier molecular flexibility index (Phi) is 6.44. The molecule has 0 saturated heterocycles. The third-order valence-electron chi connectivity index (χ3n) is 2.41. The van der Waals surface area contributed by atoms with Gasteiger partial charge in [0, 0.05) is 24.5 Å². The maximum Gasteiger partial charge on any atom is 0.0960 e. The van der Waals surface area contributed by atoms with Gasteiger partial charge in [-0.2, -0.15) is 0 Å². The molecule has 1 N–H and O–H groups in total. The van der Waals surface area contributed by atoms with Crippen molar-refractivity contribution in [1.29, 1.82) is 0 Å². The molecule has 0 fully saturated rings. The highest BCUT2D eigenvalue weighted by molar-refractivity contribution is 7.99. The minimum absolute atomic E-state index is 0.675. The number of pyridine rings is 1. The van der Waals surface area contributed by atoms with E-state index in [9.17, 15) is 0 Å². The average molecular weight is 224 g/mol. The maximum absolute atomic E-state index is 4.27. The Morgan fingerprint density at radius 1 is 1.33 bits per heavy atom. The quantitative estimate of drug-likeness (QED) is 0.569. The molecule has 0 unspecified atom stereocenters. The fraction of sp³-hybridized carbons (Fsp3) is 0.583. The molecule has 0 aliphatic heterocycles. The van der Waals surface area contributed by atoms with E-state index in [1.165, 1.54) is 12.8 Å². The Balaban J connectivity index is 2.12. The van der Waals surface area contributed by atoms with Crippen LogP contribution in [0.15, 0.2) is 29.4 Å². The molecule has 84 valence electrons. The zero-order chi connectivity index (χ0) is 10.9. The van der Waals surface area contributed by atoms with Crippen LogP contribution in [0.25, 0.3) is 0 Å². The van der Waals surface area contributed by atoms with E-state index in [2.05, 4.69) is 30.2 Å². The summed E-state index contributed by atoms with van der Waals surface area (Å²) in [4.78, 5) is 4.27. The first kappa shape index (κ1) is 12.5. The molecule has 0 atom stereocenters. The summed E-state index contributed by atoms with van der Waals surface area (Å²) < 4.78 is 0. The number of thioether (sulfide) groups is 1. The van der Waals surface area contributed by atoms with Gasteiger partial charge in [0.25, 0.3) is 0 Å². The van der Waals surface area contributed by atoms with Crippen LogP contribution < -0.4 is 5.32 Å². The van der Waals surface area contributed by atoms with Crippen LogP contribution in [-0.2, 0) is 0 Å². The molecule has 0 radical (unpaired) electrons. The third-order valence-corrected chi connectivity index (χ3v) is 3.35. The average Bonchev–Trinajstić information content (AvgIpc) is 2.31. The van der Waals surface area contributed by atoms with Crippen LogP contribution in [-0.4, -0.2) is 23.3 Å². The van der Waals surface area contributed by atoms with Crippen molar-refractivity contribution in [2.75, 3.05) is 12.3 Å². The van der Waals surface area contributed by atoms with Crippen molar-refractivity contribution in [3.05, 3.63) is 24.4 Å². The number of aromatic nitrogens is 1. The molecule has 0 saturated carbocycles. The molecule has 0 bridgehead atoms. The van der Waals surface area contributed by atoms with Crippen molar-refractivity contribution in [2.24, 2.45) is 0 Å². The first-order valence-corrected chi connectivity index (χ1v) is 6.62. The Bertz CT molecular complexity index is 247. The first-order chi connectivity index (χ1) is 7.36. The van der Waals surface area contributed by atoms with E-state index < -0.39 is 0 Å². The van der Waals surface area contributed by atoms with E-state index in [1.807, 2.05) is 30.1 Å². The summed E-state index contributed by atoms with van der Waals surface area (Å²) in [7, 11) is 0. The lowest BCUT2D eigenvalue weighted by molar-refractivity contribution is 0.501. The second-order valence-corrected chi connectivity index (χ2v) is 4.60. The van der Waals surface area contributed by atoms with E-state index in [-0.39, 0.29) is 0 Å². The van der Waals surface area contributed by atoms with Crippen molar-refractivity contribution in [2.45, 2.75) is 37.8 Å². The second kappa shape index (κ2) is 7.71. The standard InChI is InChI=1S/C12H20N2S/c1-3-11(4-2)13-9-10-15-12-7-5-6-8-14-12/h5-8,11,13H,3-4,9-10H2,1-2H3. The normalized spacial score (nSPS) is 10.9. The van der Waals surface area contributed by atoms with Gasteiger partial charge in [0.1, 0.15) is 0 Å². The Morgan fingerprint density at radius 3 is 2.73 bits per heavy atom. The molecule has 2 nitrogen and oxygen atoms in total. The number of rotatable bonds is 7. The van der Waals surface area contributed by atoms with Crippen LogP contribution >= 0.6 is 11.8 Å². The third kappa shape index (κ3) is 5.19. The predicted octanol–water partition coefficient (Wildman–Crippen LogP) is 2.95. The highest BCUT2D eigenvalue weighted by Gasteiger charge is 2.01. The van der Waals surface area contributed by atoms with E-state index in [4.69, 9.17) is 0 Å². The molecular formula is C12H20N2S. The predicted molar refractivity (Wildman–Crippen MR) is 67.3 cm³/mol. The van der Waals surface area contributed by atoms with Crippen LogP contribution in [0, 0.1) is 0 Å². The van der Waals surface area contributed by atoms with Gasteiger partial charge in [0.05, 0.1) is 5.03 Å². The summed E-state index contributed by atoms with van der Waals surface area (Å²) in [5.41, 5.74) is 0. The zero-order valence-electron chi connectivity index (χ0n) is 9.57. The molecule has 0 spiro atoms. The number of hydrogen-bond acceptors (Lipinski definition) is 3. The molecule has 15 heavy (non-hydrogen) atoms. The van der Waals surface area contributed by atoms with Gasteiger partial charge in [0.2, 0.25) is 0 Å². The first-order valence-electron chi connectivity index (χ1n) is 5.64. The van der Waals surface area contributed by atoms with Crippen LogP contribution in [0.2, 0.25) is 0 Å². The van der Waals surface area contributed by atoms with Gasteiger partial charge >= 0.3 is 0 Å². The molecule has 0 aliphatic carbocycles. The summed E-state index contributed by atoms with van der Waals surface area (Å²) >= 11 is 1.81. The SMILES string of the molecule is CCC(CC)NCCSc1ccccn1. The van der Waals surface area contributed by atoms with Crippen molar-refractivity contribution < 1.29 is 0 Å². The molecule has 0 aliphatic rings. The molecule has 0 amide bonds. The van der Waals surface area contributed by atoms with E-state index in [0.29, 0.717) is 6.04 Å². The van der Waals surface area contributed by atoms with Crippen molar-refractivity contribution in [3.8, 4) is 0 Å². The highest BCUT2D eigenvalue weighted by Crippen LogP contribution is 2.12. The van der Waals surface area contributed by atoms with Gasteiger partial charge in [-0.1, -0.05) is 19.9 Å². The van der Waals surface area contributed by atoms with Gasteiger partial charge in [0.15, 0.2) is 0 Å². The number of hydrogen-bond donors (Lipinski definition) is 1. The van der Waals surface area contributed by atoms with Crippen molar-refractivity contribution >= 4 is 11.8 Å². The van der Waals surface area contributed by atoms with Crippen molar-refractivity contribution in [1.82, 2.24) is 10.3 Å². The molecule has 1 aromatic rings. The number of nitrogens with zero attached hydrogens (tertiary/aromatic N) is 1. The van der Waals surface area contributed by atoms with Crippen LogP contribution in [0.5, 0.6) is 0 Å². The van der Waals surface area contributed by atoms with Crippen LogP contribution in [0.3, 0.4) is 0 Å². The maximum atomic E-state index is 4.27. The largest absolute Gasteiger partial charge is 0.313 e. The molecule has 0 aromatic carbocycles. The summed E-state index contributed by atoms with van der Waals surface area (Å²) in [6.45, 7) is 5.52. The molecular weight excluding hydrogens is 204 g/mol. The highest BCUT2D eigenvalue weighted by atomic mass is 32.2. The van der Waals surface area contributed by atoms with Gasteiger partial charge in [-0.3, -0.25) is 0 Å². The zero-order valence-corrected chi connectivity index (χ0v) is 10.4. The lowest BCUT2D eigenvalue weighted by atomic mass is 10.2. The van der Waals surface area contributed by atoms with E-state index in [1.54, 1.807) is 0 Å². The summed E-state index contributed by atoms with van der Waals surface area (Å²) in [5.74, 6) is 1.09. The summed E-state index contributed by atoms with van der Waals surface area (Å²) in [6, 6.07) is 6.71. The van der Waals surface area contributed by atoms with Crippen molar-refractivity contribution in [3.63, 3.8) is 0 Å². The summed E-state index contributed by atoms with van der Waals surface area (Å²) in [6.07, 6.45) is 4.27. The fourth-order valence-electron chi connectivity index (χ4n) is 1.43. The lowest BCUT2D eigenvalue weighted by Crippen LogP contribution is -2.29. The molecule has 1 rings (SSSR count). The minimum Gasteiger partial charge on any atom is -0.313 e. The van der Waals surface area contributed by atoms with Crippen LogP contribution in [0.1, 0.15) is 26.7 Å². The van der Waals surface area contributed by atoms with Gasteiger partial charge in [-0.15, -0.1) is 11.8 Å². The number of nitrogens with one attached hydrogen (secondary N) is 1. The molecule has 1 heterocycles. The van der Waals surface area contributed by atoms with Crippen LogP contribution in [0.4, 0.5) is 0 Å². The van der Waals surface area contributed by atoms with Gasteiger partial charge in [-0.25, -0.2) is 4.98 Å². The Morgan fingerprint density at radius 2 is 2.13 bits per heavy atom. The van der Waals surface area contributed by atoms with Gasteiger partial charge < -0.3 is 5.32 Å². The summed E-state index contributed by atoms with van der Waals surface area (Å²) in [5, 5.41) is 4.66. The molecule has 1 aromatic heterocycles. The fourth-order valence-corrected chi connectivity index (χ4v) is 2.17. The Labute approximate surface area is 96.9 Å². The monoisotopic (exact) mass is 224 g/mol. The smallest absolute Gasteiger partial charge is 0.0960 e. The molecule has 3 heteroatoms. The lowest BCUT2D eigenvalue weighted by Gasteiger charge is -2.13. The van der Waals surface area contributed by atoms with E-state index >= 15 is 0 Å². The minimum atomic E-state index is 0.675. The second-order valence-electron chi connectivity index (χ2n) is 3.48. The topological polar surface area (TPSA) is 24.9 Å². The van der Waals surface area contributed by atoms with Gasteiger partial charge in [-0.05, 0) is 25.0 Å². The Hall–Kier alpha value is -0.540.